The van der Waals surface area contributed by atoms with Crippen molar-refractivity contribution in [2.24, 2.45) is 0 Å². The van der Waals surface area contributed by atoms with Crippen molar-refractivity contribution in [1.82, 2.24) is 15.8 Å². The maximum atomic E-state index is 12.9. The van der Waals surface area contributed by atoms with Gasteiger partial charge in [-0.1, -0.05) is 18.2 Å². The number of benzene rings is 2. The van der Waals surface area contributed by atoms with Gasteiger partial charge in [0.15, 0.2) is 0 Å². The van der Waals surface area contributed by atoms with Crippen LogP contribution in [0.4, 0.5) is 14.9 Å². The van der Waals surface area contributed by atoms with E-state index in [0.717, 1.165) is 24.3 Å². The van der Waals surface area contributed by atoms with E-state index >= 15 is 0 Å². The van der Waals surface area contributed by atoms with Crippen molar-refractivity contribution < 1.29 is 14.0 Å². The molecule has 1 saturated heterocycles. The van der Waals surface area contributed by atoms with Crippen LogP contribution < -0.4 is 15.8 Å². The van der Waals surface area contributed by atoms with Crippen LogP contribution in [-0.2, 0) is 6.54 Å². The first-order chi connectivity index (χ1) is 13.0. The molecule has 1 aliphatic heterocycles. The number of nitrogens with one attached hydrogen (secondary N) is 2. The lowest BCUT2D eigenvalue weighted by molar-refractivity contribution is 0.0931. The van der Waals surface area contributed by atoms with E-state index in [-0.39, 0.29) is 5.56 Å². The lowest BCUT2D eigenvalue weighted by atomic mass is 10.1. The predicted molar refractivity (Wildman–Crippen MR) is 102 cm³/mol. The fourth-order valence-corrected chi connectivity index (χ4v) is 3.12. The van der Waals surface area contributed by atoms with Crippen LogP contribution in [0.1, 0.15) is 28.8 Å². The Bertz CT molecular complexity index is 804. The second kappa shape index (κ2) is 8.53. The summed E-state index contributed by atoms with van der Waals surface area (Å²) in [5, 5.41) is 0. The topological polar surface area (TPSA) is 64.7 Å². The van der Waals surface area contributed by atoms with Crippen LogP contribution >= 0.6 is 0 Å². The number of hydrogen-bond donors (Lipinski definition) is 2. The van der Waals surface area contributed by atoms with Crippen LogP contribution in [-0.4, -0.2) is 37.0 Å². The summed E-state index contributed by atoms with van der Waals surface area (Å²) in [7, 11) is 1.67. The number of carbonyl (C=O) groups excluding carboxylic acids is 2. The normalized spacial score (nSPS) is 13.3. The zero-order chi connectivity index (χ0) is 19.2. The standard InChI is InChI=1S/C20H23FN4O2/c1-24(14-16-6-2-3-7-18(16)25-12-4-5-13-25)20(27)23-22-19(26)15-8-10-17(21)11-9-15/h2-3,6-11H,4-5,12-14H2,1H3,(H,22,26)(H,23,27). The number of carbonyl (C=O) groups is 2. The smallest absolute Gasteiger partial charge is 0.336 e. The van der Waals surface area contributed by atoms with Crippen molar-refractivity contribution in [2.45, 2.75) is 19.4 Å². The highest BCUT2D eigenvalue weighted by Crippen LogP contribution is 2.25. The van der Waals surface area contributed by atoms with Crippen molar-refractivity contribution in [2.75, 3.05) is 25.0 Å². The number of hydrazine groups is 1. The van der Waals surface area contributed by atoms with Crippen molar-refractivity contribution in [1.29, 1.82) is 0 Å². The molecule has 7 heteroatoms. The Morgan fingerprint density at radius 1 is 1.04 bits per heavy atom. The number of nitrogens with zero attached hydrogens (tertiary/aromatic N) is 2. The van der Waals surface area contributed by atoms with E-state index in [0.29, 0.717) is 6.54 Å². The van der Waals surface area contributed by atoms with Crippen molar-refractivity contribution in [3.63, 3.8) is 0 Å². The Balaban J connectivity index is 1.56. The maximum absolute atomic E-state index is 12.9. The largest absolute Gasteiger partial charge is 0.371 e. The third-order valence-corrected chi connectivity index (χ3v) is 4.58. The number of hydrogen-bond acceptors (Lipinski definition) is 3. The van der Waals surface area contributed by atoms with Gasteiger partial charge in [-0.2, -0.15) is 0 Å². The quantitative estimate of drug-likeness (QED) is 0.814. The minimum absolute atomic E-state index is 0.263. The van der Waals surface area contributed by atoms with E-state index in [2.05, 4.69) is 21.8 Å². The van der Waals surface area contributed by atoms with Crippen molar-refractivity contribution in [3.8, 4) is 0 Å². The highest BCUT2D eigenvalue weighted by Gasteiger charge is 2.18. The molecule has 0 bridgehead atoms. The molecule has 0 radical (unpaired) electrons. The van der Waals surface area contributed by atoms with Gasteiger partial charge in [-0.05, 0) is 48.7 Å². The van der Waals surface area contributed by atoms with E-state index in [1.54, 1.807) is 7.05 Å². The number of anilines is 1. The molecule has 1 fully saturated rings. The Labute approximate surface area is 157 Å². The molecule has 2 aromatic carbocycles. The third kappa shape index (κ3) is 4.75. The average Bonchev–Trinajstić information content (AvgIpc) is 3.21. The monoisotopic (exact) mass is 370 g/mol. The Hall–Kier alpha value is -3.09. The molecule has 3 amide bonds. The zero-order valence-corrected chi connectivity index (χ0v) is 15.2. The first kappa shape index (κ1) is 18.7. The SMILES string of the molecule is CN(Cc1ccccc1N1CCCC1)C(=O)NNC(=O)c1ccc(F)cc1. The first-order valence-electron chi connectivity index (χ1n) is 8.94. The molecule has 2 aromatic rings. The molecule has 1 aliphatic rings. The van der Waals surface area contributed by atoms with Gasteiger partial charge < -0.3 is 9.80 Å². The number of halogens is 1. The lowest BCUT2D eigenvalue weighted by Crippen LogP contribution is -2.47. The number of para-hydroxylation sites is 1. The summed E-state index contributed by atoms with van der Waals surface area (Å²) < 4.78 is 12.9. The molecular formula is C20H23FN4O2. The third-order valence-electron chi connectivity index (χ3n) is 4.58. The van der Waals surface area contributed by atoms with Gasteiger partial charge in [0.25, 0.3) is 5.91 Å². The Kier molecular flexibility index (Phi) is 5.90. The van der Waals surface area contributed by atoms with Gasteiger partial charge in [0, 0.05) is 37.9 Å². The molecular weight excluding hydrogens is 347 g/mol. The van der Waals surface area contributed by atoms with Crippen LogP contribution in [0.2, 0.25) is 0 Å². The number of urea groups is 1. The second-order valence-corrected chi connectivity index (χ2v) is 6.57. The molecule has 0 aliphatic carbocycles. The molecule has 2 N–H and O–H groups in total. The second-order valence-electron chi connectivity index (χ2n) is 6.57. The Morgan fingerprint density at radius 3 is 2.41 bits per heavy atom. The molecule has 0 aromatic heterocycles. The molecule has 27 heavy (non-hydrogen) atoms. The number of rotatable bonds is 4. The summed E-state index contributed by atoms with van der Waals surface area (Å²) in [4.78, 5) is 28.1. The van der Waals surface area contributed by atoms with Crippen LogP contribution in [0, 0.1) is 5.82 Å². The molecule has 3 rings (SSSR count). The first-order valence-corrected chi connectivity index (χ1v) is 8.94. The van der Waals surface area contributed by atoms with E-state index in [1.807, 2.05) is 18.2 Å². The highest BCUT2D eigenvalue weighted by atomic mass is 19.1. The Morgan fingerprint density at radius 2 is 1.70 bits per heavy atom. The molecule has 1 heterocycles. The van der Waals surface area contributed by atoms with E-state index < -0.39 is 17.8 Å². The highest BCUT2D eigenvalue weighted by molar-refractivity contribution is 5.95. The molecule has 0 saturated carbocycles. The summed E-state index contributed by atoms with van der Waals surface area (Å²) in [6.45, 7) is 2.48. The fourth-order valence-electron chi connectivity index (χ4n) is 3.12. The summed E-state index contributed by atoms with van der Waals surface area (Å²) in [6.07, 6.45) is 2.36. The van der Waals surface area contributed by atoms with Crippen LogP contribution in [0.15, 0.2) is 48.5 Å². The van der Waals surface area contributed by atoms with Gasteiger partial charge in [-0.3, -0.25) is 10.2 Å². The molecule has 0 spiro atoms. The van der Waals surface area contributed by atoms with Crippen molar-refractivity contribution >= 4 is 17.6 Å². The van der Waals surface area contributed by atoms with Crippen LogP contribution in [0.25, 0.3) is 0 Å². The summed E-state index contributed by atoms with van der Waals surface area (Å²) in [5.41, 5.74) is 7.19. The van der Waals surface area contributed by atoms with E-state index in [4.69, 9.17) is 0 Å². The minimum Gasteiger partial charge on any atom is -0.371 e. The van der Waals surface area contributed by atoms with Crippen LogP contribution in [0.5, 0.6) is 0 Å². The van der Waals surface area contributed by atoms with E-state index in [1.165, 1.54) is 42.0 Å². The summed E-state index contributed by atoms with van der Waals surface area (Å²) in [6, 6.07) is 12.7. The van der Waals surface area contributed by atoms with Crippen LogP contribution in [0.3, 0.4) is 0 Å². The van der Waals surface area contributed by atoms with Gasteiger partial charge in [0.2, 0.25) is 0 Å². The minimum atomic E-state index is -0.505. The number of amides is 3. The molecule has 142 valence electrons. The van der Waals surface area contributed by atoms with Gasteiger partial charge >= 0.3 is 6.03 Å². The van der Waals surface area contributed by atoms with Gasteiger partial charge in [-0.15, -0.1) is 0 Å². The molecule has 0 atom stereocenters. The predicted octanol–water partition coefficient (Wildman–Crippen LogP) is 2.91. The fraction of sp³-hybridized carbons (Fsp3) is 0.300. The maximum Gasteiger partial charge on any atom is 0.336 e. The zero-order valence-electron chi connectivity index (χ0n) is 15.2. The van der Waals surface area contributed by atoms with Crippen molar-refractivity contribution in [3.05, 3.63) is 65.5 Å². The molecule has 0 unspecified atom stereocenters. The van der Waals surface area contributed by atoms with E-state index in [9.17, 15) is 14.0 Å². The molecule has 6 nitrogen and oxygen atoms in total. The van der Waals surface area contributed by atoms with Gasteiger partial charge in [0.05, 0.1) is 0 Å². The lowest BCUT2D eigenvalue weighted by Gasteiger charge is -2.24. The summed E-state index contributed by atoms with van der Waals surface area (Å²) in [5.74, 6) is -0.929. The van der Waals surface area contributed by atoms with Gasteiger partial charge in [0.1, 0.15) is 5.82 Å². The summed E-state index contributed by atoms with van der Waals surface area (Å²) >= 11 is 0. The average molecular weight is 370 g/mol. The van der Waals surface area contributed by atoms with Gasteiger partial charge in [-0.25, -0.2) is 14.6 Å².